The number of rotatable bonds is 6. The maximum Gasteiger partial charge on any atom is 0.132 e. The third-order valence-corrected chi connectivity index (χ3v) is 16.6. The Bertz CT molecular complexity index is 1510. The normalized spacial score (nSPS) is 20.3. The van der Waals surface area contributed by atoms with E-state index in [1.54, 1.807) is 5.82 Å². The van der Waals surface area contributed by atoms with Crippen molar-refractivity contribution in [3.63, 3.8) is 0 Å². The van der Waals surface area contributed by atoms with Gasteiger partial charge in [-0.3, -0.25) is 0 Å². The van der Waals surface area contributed by atoms with E-state index in [2.05, 4.69) is 75.6 Å². The summed E-state index contributed by atoms with van der Waals surface area (Å²) in [4.78, 5) is 5.23. The van der Waals surface area contributed by atoms with Gasteiger partial charge in [-0.1, -0.05) is 119 Å². The van der Waals surface area contributed by atoms with Crippen LogP contribution in [0.5, 0.6) is 0 Å². The molecule has 0 aromatic heterocycles. The standard InChI is InChI=1S/C39H57N2P.C7H6Cl2.Ru/c1-27-23-29(3)37(30(4)24-27)40-21-22-41(38-31(5)25-28(2)26-32(38)6)39(40)35-19-13-14-20-36(35)42(33-15-9-7-10-16-33)34-17-11-8-12-18-34;8-7(9)6-4-2-1-3-5-6;/h23-26,33-34,36H,7-22H2,1-6H3;1-5,7H;. The van der Waals surface area contributed by atoms with Gasteiger partial charge in [0.05, 0.1) is 0 Å². The van der Waals surface area contributed by atoms with E-state index in [0.29, 0.717) is 0 Å². The van der Waals surface area contributed by atoms with Crippen molar-refractivity contribution in [2.75, 3.05) is 22.9 Å². The zero-order valence-corrected chi connectivity index (χ0v) is 36.9. The molecule has 284 valence electrons. The van der Waals surface area contributed by atoms with Crippen molar-refractivity contribution in [1.82, 2.24) is 0 Å². The fourth-order valence-corrected chi connectivity index (χ4v) is 15.2. The number of allylic oxidation sites excluding steroid dienone is 1. The quantitative estimate of drug-likeness (QED) is 0.139. The molecule has 0 N–H and O–H groups in total. The number of nitrogens with zero attached hydrogens (tertiary/aromatic N) is 2. The van der Waals surface area contributed by atoms with Gasteiger partial charge in [0.15, 0.2) is 0 Å². The Morgan fingerprint density at radius 1 is 0.577 bits per heavy atom. The zero-order valence-electron chi connectivity index (χ0n) is 32.8. The van der Waals surface area contributed by atoms with Crippen molar-refractivity contribution in [2.45, 2.75) is 153 Å². The second kappa shape index (κ2) is 19.5. The van der Waals surface area contributed by atoms with Gasteiger partial charge in [0, 0.05) is 49.6 Å². The van der Waals surface area contributed by atoms with E-state index in [0.717, 1.165) is 35.6 Å². The van der Waals surface area contributed by atoms with E-state index in [-0.39, 0.29) is 27.4 Å². The molecule has 1 unspecified atom stereocenters. The summed E-state index contributed by atoms with van der Waals surface area (Å²) in [5.74, 6) is 1.60. The van der Waals surface area contributed by atoms with Crippen LogP contribution in [0.2, 0.25) is 0 Å². The number of hydrogen-bond donors (Lipinski definition) is 0. The first-order valence-corrected chi connectivity index (χ1v) is 22.6. The summed E-state index contributed by atoms with van der Waals surface area (Å²) >= 11 is 11.1. The Hall–Kier alpha value is -1.37. The second-order valence-electron chi connectivity index (χ2n) is 16.2. The molecule has 4 fully saturated rings. The number of benzene rings is 3. The van der Waals surface area contributed by atoms with Crippen molar-refractivity contribution in [3.8, 4) is 0 Å². The molecule has 2 nitrogen and oxygen atoms in total. The summed E-state index contributed by atoms with van der Waals surface area (Å²) in [6.07, 6.45) is 20.5. The first-order chi connectivity index (χ1) is 24.6. The van der Waals surface area contributed by atoms with Gasteiger partial charge >= 0.3 is 0 Å². The molecule has 3 saturated carbocycles. The molecule has 0 spiro atoms. The van der Waals surface area contributed by atoms with Crippen LogP contribution in [0.15, 0.2) is 66.0 Å². The molecule has 3 aromatic carbocycles. The number of anilines is 2. The van der Waals surface area contributed by atoms with E-state index in [1.165, 1.54) is 135 Å². The SMILES string of the molecule is Cc1cc(C)c(N2CCN(c3c(C)cc(C)cc3C)C2=C2CCCCC2P(C2CCCCC2)C2CCCCC2)c(C)c1.ClC(Cl)c1ccccc1.[Ru]. The van der Waals surface area contributed by atoms with Gasteiger partial charge in [-0.05, 0) is 131 Å². The second-order valence-corrected chi connectivity index (χ2v) is 20.2. The molecule has 6 heteroatoms. The van der Waals surface area contributed by atoms with Gasteiger partial charge in [0.1, 0.15) is 10.7 Å². The van der Waals surface area contributed by atoms with Crippen LogP contribution in [-0.2, 0) is 19.5 Å². The van der Waals surface area contributed by atoms with Gasteiger partial charge < -0.3 is 9.80 Å². The number of halogens is 2. The van der Waals surface area contributed by atoms with Crippen LogP contribution < -0.4 is 9.80 Å². The predicted octanol–water partition coefficient (Wildman–Crippen LogP) is 14.3. The van der Waals surface area contributed by atoms with Crippen LogP contribution in [0.3, 0.4) is 0 Å². The molecule has 0 radical (unpaired) electrons. The Labute approximate surface area is 341 Å². The van der Waals surface area contributed by atoms with Crippen molar-refractivity contribution in [1.29, 1.82) is 0 Å². The summed E-state index contributed by atoms with van der Waals surface area (Å²) in [5.41, 5.74) is 17.1. The van der Waals surface area contributed by atoms with Crippen molar-refractivity contribution in [2.24, 2.45) is 0 Å². The number of aryl methyl sites for hydroxylation is 6. The van der Waals surface area contributed by atoms with Crippen molar-refractivity contribution < 1.29 is 19.5 Å². The van der Waals surface area contributed by atoms with Crippen LogP contribution in [0, 0.1) is 41.5 Å². The van der Waals surface area contributed by atoms with Gasteiger partial charge in [-0.25, -0.2) is 0 Å². The fraction of sp³-hybridized carbons (Fsp3) is 0.565. The fourth-order valence-electron chi connectivity index (χ4n) is 10.3. The molecule has 0 amide bonds. The summed E-state index contributed by atoms with van der Waals surface area (Å²) in [5, 5.41) is 0. The average Bonchev–Trinajstić information content (AvgIpc) is 3.53. The minimum absolute atomic E-state index is 0. The van der Waals surface area contributed by atoms with E-state index in [9.17, 15) is 0 Å². The van der Waals surface area contributed by atoms with Crippen LogP contribution in [0.4, 0.5) is 11.4 Å². The molecule has 4 aliphatic rings. The Kier molecular flexibility index (Phi) is 15.7. The van der Waals surface area contributed by atoms with Crippen molar-refractivity contribution >= 4 is 42.5 Å². The average molecular weight is 847 g/mol. The maximum absolute atomic E-state index is 5.57. The zero-order chi connectivity index (χ0) is 36.1. The number of hydrogen-bond acceptors (Lipinski definition) is 2. The predicted molar refractivity (Wildman–Crippen MR) is 227 cm³/mol. The van der Waals surface area contributed by atoms with Crippen LogP contribution in [0.25, 0.3) is 0 Å². The van der Waals surface area contributed by atoms with E-state index in [4.69, 9.17) is 23.2 Å². The third-order valence-electron chi connectivity index (χ3n) is 12.1. The third kappa shape index (κ3) is 9.70. The van der Waals surface area contributed by atoms with Crippen LogP contribution in [-0.4, -0.2) is 30.1 Å². The number of alkyl halides is 2. The first kappa shape index (κ1) is 41.8. The summed E-state index contributed by atoms with van der Waals surface area (Å²) in [6, 6.07) is 19.2. The Morgan fingerprint density at radius 2 is 1.00 bits per heavy atom. The smallest absolute Gasteiger partial charge is 0.132 e. The largest absolute Gasteiger partial charge is 0.325 e. The molecule has 1 saturated heterocycles. The first-order valence-electron chi connectivity index (χ1n) is 20.2. The molecule has 3 aliphatic carbocycles. The minimum Gasteiger partial charge on any atom is -0.325 e. The molecule has 1 heterocycles. The van der Waals surface area contributed by atoms with Gasteiger partial charge in [-0.2, -0.15) is 0 Å². The molecule has 3 aromatic rings. The van der Waals surface area contributed by atoms with E-state index >= 15 is 0 Å². The topological polar surface area (TPSA) is 6.48 Å². The molecule has 52 heavy (non-hydrogen) atoms. The molecule has 1 aliphatic heterocycles. The molecule has 1 atom stereocenters. The molecular weight excluding hydrogens is 783 g/mol. The maximum atomic E-state index is 5.57. The van der Waals surface area contributed by atoms with Gasteiger partial charge in [-0.15, -0.1) is 23.2 Å². The van der Waals surface area contributed by atoms with Gasteiger partial charge in [0.2, 0.25) is 0 Å². The summed E-state index contributed by atoms with van der Waals surface area (Å²) < 4.78 is 0. The van der Waals surface area contributed by atoms with E-state index < -0.39 is 4.84 Å². The van der Waals surface area contributed by atoms with Crippen LogP contribution >= 0.6 is 31.1 Å². The summed E-state index contributed by atoms with van der Waals surface area (Å²) in [6.45, 7) is 16.1. The van der Waals surface area contributed by atoms with Crippen molar-refractivity contribution in [3.05, 3.63) is 105 Å². The van der Waals surface area contributed by atoms with E-state index in [1.807, 2.05) is 35.9 Å². The monoisotopic (exact) mass is 846 g/mol. The molecular formula is C46H63Cl2N2PRu. The minimum atomic E-state index is -0.397. The Balaban J connectivity index is 0.000000458. The molecule has 0 bridgehead atoms. The summed E-state index contributed by atoms with van der Waals surface area (Å²) in [7, 11) is 0.00137. The molecule has 7 rings (SSSR count). The van der Waals surface area contributed by atoms with Gasteiger partial charge in [0.25, 0.3) is 0 Å². The van der Waals surface area contributed by atoms with Crippen LogP contribution in [0.1, 0.15) is 134 Å². The Morgan fingerprint density at radius 3 is 1.40 bits per heavy atom.